The summed E-state index contributed by atoms with van der Waals surface area (Å²) >= 11 is 0. The number of piperidine rings is 1. The summed E-state index contributed by atoms with van der Waals surface area (Å²) in [7, 11) is 0. The molecular weight excluding hydrogens is 304 g/mol. The second-order valence-corrected chi connectivity index (χ2v) is 8.12. The smallest absolute Gasteiger partial charge is 0.0217 e. The van der Waals surface area contributed by atoms with Gasteiger partial charge in [-0.15, -0.1) is 11.8 Å². The lowest BCUT2D eigenvalue weighted by atomic mass is 9.95. The molecule has 0 saturated carbocycles. The Morgan fingerprint density at radius 3 is 2.48 bits per heavy atom. The van der Waals surface area contributed by atoms with E-state index in [0.717, 1.165) is 18.3 Å². The van der Waals surface area contributed by atoms with Crippen molar-refractivity contribution in [1.82, 2.24) is 10.2 Å². The maximum Gasteiger partial charge on any atom is 0.0217 e. The molecule has 1 saturated heterocycles. The molecule has 1 aliphatic rings. The molecule has 0 aliphatic carbocycles. The van der Waals surface area contributed by atoms with E-state index >= 15 is 0 Å². The van der Waals surface area contributed by atoms with Gasteiger partial charge in [0.2, 0.25) is 0 Å². The van der Waals surface area contributed by atoms with Crippen LogP contribution in [0.15, 0.2) is 0 Å². The van der Waals surface area contributed by atoms with Crippen LogP contribution >= 0.6 is 0 Å². The largest absolute Gasteiger partial charge is 0.316 e. The highest BCUT2D eigenvalue weighted by Crippen LogP contribution is 2.17. The highest BCUT2D eigenvalue weighted by molar-refractivity contribution is 5.02. The molecule has 2 nitrogen and oxygen atoms in total. The molecule has 146 valence electrons. The molecule has 0 amide bonds. The topological polar surface area (TPSA) is 15.3 Å². The maximum absolute atomic E-state index is 3.75. The van der Waals surface area contributed by atoms with Crippen molar-refractivity contribution in [3.05, 3.63) is 0 Å². The molecule has 0 radical (unpaired) electrons. The van der Waals surface area contributed by atoms with E-state index in [1.54, 1.807) is 0 Å². The van der Waals surface area contributed by atoms with Crippen molar-refractivity contribution < 1.29 is 0 Å². The average molecular weight is 349 g/mol. The van der Waals surface area contributed by atoms with Crippen molar-refractivity contribution in [2.45, 2.75) is 85.5 Å². The van der Waals surface area contributed by atoms with Gasteiger partial charge in [-0.3, -0.25) is 0 Å². The molecule has 1 N–H and O–H groups in total. The Kier molecular flexibility index (Phi) is 13.2. The average Bonchev–Trinajstić information content (AvgIpc) is 2.64. The van der Waals surface area contributed by atoms with Gasteiger partial charge in [0.25, 0.3) is 0 Å². The van der Waals surface area contributed by atoms with Crippen molar-refractivity contribution in [2.75, 3.05) is 32.7 Å². The van der Waals surface area contributed by atoms with E-state index in [4.69, 9.17) is 0 Å². The van der Waals surface area contributed by atoms with Crippen molar-refractivity contribution in [3.8, 4) is 11.8 Å². The van der Waals surface area contributed by atoms with Gasteiger partial charge in [-0.05, 0) is 63.7 Å². The minimum absolute atomic E-state index is 0.580. The Balaban J connectivity index is 2.08. The molecular formula is C23H44N2. The number of rotatable bonds is 12. The second kappa shape index (κ2) is 14.6. The lowest BCUT2D eigenvalue weighted by molar-refractivity contribution is 0.184. The van der Waals surface area contributed by atoms with Crippen LogP contribution in [-0.2, 0) is 0 Å². The first kappa shape index (κ1) is 22.5. The maximum atomic E-state index is 3.75. The first-order valence-corrected chi connectivity index (χ1v) is 11.1. The summed E-state index contributed by atoms with van der Waals surface area (Å²) in [4.78, 5) is 2.62. The fourth-order valence-electron chi connectivity index (χ4n) is 3.81. The van der Waals surface area contributed by atoms with Gasteiger partial charge < -0.3 is 10.2 Å². The van der Waals surface area contributed by atoms with Crippen LogP contribution in [0.3, 0.4) is 0 Å². The van der Waals surface area contributed by atoms with Gasteiger partial charge in [0.05, 0.1) is 0 Å². The van der Waals surface area contributed by atoms with Crippen LogP contribution in [0.5, 0.6) is 0 Å². The molecule has 0 aromatic heterocycles. The van der Waals surface area contributed by atoms with Crippen LogP contribution < -0.4 is 5.32 Å². The molecule has 2 atom stereocenters. The summed E-state index contributed by atoms with van der Waals surface area (Å²) in [5, 5.41) is 3.75. The van der Waals surface area contributed by atoms with Crippen molar-refractivity contribution in [2.24, 2.45) is 17.8 Å². The summed E-state index contributed by atoms with van der Waals surface area (Å²) in [5.41, 5.74) is 0. The summed E-state index contributed by atoms with van der Waals surface area (Å²) < 4.78 is 0. The van der Waals surface area contributed by atoms with Crippen molar-refractivity contribution >= 4 is 0 Å². The molecule has 0 spiro atoms. The van der Waals surface area contributed by atoms with Gasteiger partial charge >= 0.3 is 0 Å². The summed E-state index contributed by atoms with van der Waals surface area (Å²) in [6, 6.07) is 0. The quantitative estimate of drug-likeness (QED) is 0.479. The van der Waals surface area contributed by atoms with Gasteiger partial charge in [0.15, 0.2) is 0 Å². The third-order valence-electron chi connectivity index (χ3n) is 5.74. The number of likely N-dealkylation sites (tertiary alicyclic amines) is 1. The summed E-state index contributed by atoms with van der Waals surface area (Å²) in [6.07, 6.45) is 11.6. The van der Waals surface area contributed by atoms with Crippen LogP contribution in [0.1, 0.15) is 85.5 Å². The Bertz CT molecular complexity index is 360. The van der Waals surface area contributed by atoms with Gasteiger partial charge in [-0.1, -0.05) is 53.4 Å². The first-order chi connectivity index (χ1) is 12.2. The molecule has 0 bridgehead atoms. The zero-order valence-corrected chi connectivity index (χ0v) is 17.6. The van der Waals surface area contributed by atoms with Crippen LogP contribution in [-0.4, -0.2) is 37.6 Å². The fourth-order valence-corrected chi connectivity index (χ4v) is 3.81. The third kappa shape index (κ3) is 10.9. The van der Waals surface area contributed by atoms with E-state index in [1.807, 2.05) is 0 Å². The Hall–Kier alpha value is -0.520. The fraction of sp³-hybridized carbons (Fsp3) is 0.913. The first-order valence-electron chi connectivity index (χ1n) is 11.1. The predicted octanol–water partition coefficient (Wildman–Crippen LogP) is 5.33. The normalized spacial score (nSPS) is 18.6. The van der Waals surface area contributed by atoms with E-state index < -0.39 is 0 Å². The number of nitrogens with one attached hydrogen (secondary N) is 1. The van der Waals surface area contributed by atoms with E-state index in [2.05, 4.69) is 49.8 Å². The van der Waals surface area contributed by atoms with E-state index in [-0.39, 0.29) is 0 Å². The molecule has 1 heterocycles. The molecule has 25 heavy (non-hydrogen) atoms. The number of nitrogens with zero attached hydrogens (tertiary/aromatic N) is 1. The van der Waals surface area contributed by atoms with E-state index in [1.165, 1.54) is 84.1 Å². The van der Waals surface area contributed by atoms with Crippen molar-refractivity contribution in [3.63, 3.8) is 0 Å². The third-order valence-corrected chi connectivity index (χ3v) is 5.74. The molecule has 1 rings (SSSR count). The zero-order chi connectivity index (χ0) is 18.3. The Labute approximate surface area is 158 Å². The minimum Gasteiger partial charge on any atom is -0.316 e. The molecule has 1 fully saturated rings. The summed E-state index contributed by atoms with van der Waals surface area (Å²) in [5.74, 6) is 9.19. The Morgan fingerprint density at radius 1 is 1.08 bits per heavy atom. The second-order valence-electron chi connectivity index (χ2n) is 8.12. The van der Waals surface area contributed by atoms with Crippen LogP contribution in [0.25, 0.3) is 0 Å². The van der Waals surface area contributed by atoms with Crippen LogP contribution in [0.2, 0.25) is 0 Å². The molecule has 0 aromatic carbocycles. The predicted molar refractivity (Wildman–Crippen MR) is 112 cm³/mol. The highest BCUT2D eigenvalue weighted by Gasteiger charge is 2.18. The van der Waals surface area contributed by atoms with Crippen LogP contribution in [0.4, 0.5) is 0 Å². The standard InChI is InChI=1S/C23H44N2/c1-5-8-12-21(4)13-9-10-16-25-17-14-23(15-18-25)20-24-19-22(7-3)11-6-2/h21-24H,5-8,10-12,14-20H2,1-4H3. The molecule has 0 aromatic rings. The van der Waals surface area contributed by atoms with Gasteiger partial charge in [-0.25, -0.2) is 0 Å². The minimum atomic E-state index is 0.580. The number of hydrogen-bond donors (Lipinski definition) is 1. The molecule has 2 heteroatoms. The zero-order valence-electron chi connectivity index (χ0n) is 17.6. The molecule has 1 aliphatic heterocycles. The van der Waals surface area contributed by atoms with Crippen LogP contribution in [0, 0.1) is 29.6 Å². The van der Waals surface area contributed by atoms with Crippen molar-refractivity contribution in [1.29, 1.82) is 0 Å². The Morgan fingerprint density at radius 2 is 1.84 bits per heavy atom. The lowest BCUT2D eigenvalue weighted by Gasteiger charge is -2.32. The lowest BCUT2D eigenvalue weighted by Crippen LogP contribution is -2.38. The molecule has 2 unspecified atom stereocenters. The number of hydrogen-bond acceptors (Lipinski definition) is 2. The summed E-state index contributed by atoms with van der Waals surface area (Å²) in [6.45, 7) is 15.3. The number of unbranched alkanes of at least 4 members (excludes halogenated alkanes) is 1. The SMILES string of the molecule is CCCCC(C)C#CCCN1CCC(CNCC(CC)CCC)CC1. The monoisotopic (exact) mass is 348 g/mol. The van der Waals surface area contributed by atoms with E-state index in [0.29, 0.717) is 5.92 Å². The van der Waals surface area contributed by atoms with E-state index in [9.17, 15) is 0 Å². The van der Waals surface area contributed by atoms with Gasteiger partial charge in [0.1, 0.15) is 0 Å². The highest BCUT2D eigenvalue weighted by atomic mass is 15.1. The van der Waals surface area contributed by atoms with Gasteiger partial charge in [0, 0.05) is 18.9 Å². The van der Waals surface area contributed by atoms with Gasteiger partial charge in [-0.2, -0.15) is 0 Å².